The molecular formula is C12H14O4S. The number of hydrogen-bond donors (Lipinski definition) is 0. The first-order valence-corrected chi connectivity index (χ1v) is 6.30. The predicted molar refractivity (Wildman–Crippen MR) is 66.0 cm³/mol. The lowest BCUT2D eigenvalue weighted by molar-refractivity contribution is -0.134. The molecular weight excluding hydrogens is 240 g/mol. The first kappa shape index (κ1) is 13.4. The Kier molecular flexibility index (Phi) is 5.42. The van der Waals surface area contributed by atoms with Gasteiger partial charge >= 0.3 is 5.97 Å². The second-order valence-electron chi connectivity index (χ2n) is 3.20. The number of carbonyl (C=O) groups excluding carboxylic acids is 1. The Labute approximate surface area is 103 Å². The van der Waals surface area contributed by atoms with E-state index in [0.717, 1.165) is 11.3 Å². The van der Waals surface area contributed by atoms with Crippen LogP contribution in [0, 0.1) is 0 Å². The summed E-state index contributed by atoms with van der Waals surface area (Å²) in [5, 5.41) is 1.33. The van der Waals surface area contributed by atoms with Gasteiger partial charge in [0.15, 0.2) is 0 Å². The van der Waals surface area contributed by atoms with Crippen LogP contribution in [0.5, 0.6) is 5.75 Å². The highest BCUT2D eigenvalue weighted by atomic mass is 32.2. The van der Waals surface area contributed by atoms with Crippen molar-refractivity contribution in [2.45, 2.75) is 5.75 Å². The van der Waals surface area contributed by atoms with E-state index in [2.05, 4.69) is 4.74 Å². The lowest BCUT2D eigenvalue weighted by atomic mass is 10.2. The second kappa shape index (κ2) is 6.85. The summed E-state index contributed by atoms with van der Waals surface area (Å²) >= 11 is 0. The molecule has 5 heteroatoms. The largest absolute Gasteiger partial charge is 0.497 e. The molecule has 0 spiro atoms. The summed E-state index contributed by atoms with van der Waals surface area (Å²) in [6, 6.07) is 7.28. The van der Waals surface area contributed by atoms with E-state index in [1.165, 1.54) is 18.6 Å². The van der Waals surface area contributed by atoms with Gasteiger partial charge in [0, 0.05) is 11.5 Å². The average molecular weight is 254 g/mol. The summed E-state index contributed by atoms with van der Waals surface area (Å²) in [6.07, 6.45) is 1.17. The topological polar surface area (TPSA) is 52.6 Å². The van der Waals surface area contributed by atoms with Crippen molar-refractivity contribution in [3.8, 4) is 5.75 Å². The third kappa shape index (κ3) is 4.82. The zero-order valence-corrected chi connectivity index (χ0v) is 10.5. The molecule has 0 saturated heterocycles. The van der Waals surface area contributed by atoms with Crippen molar-refractivity contribution in [3.05, 3.63) is 41.3 Å². The SMILES string of the molecule is COC(=O)/C=C\S(=O)Cc1ccc(OC)cc1. The molecule has 0 bridgehead atoms. The standard InChI is InChI=1S/C12H14O4S/c1-15-11-5-3-10(4-6-11)9-17(14)8-7-12(13)16-2/h3-8H,9H2,1-2H3/b8-7-. The highest BCUT2D eigenvalue weighted by Gasteiger charge is 2.00. The maximum absolute atomic E-state index is 11.6. The van der Waals surface area contributed by atoms with Gasteiger partial charge < -0.3 is 9.47 Å². The molecule has 1 atom stereocenters. The van der Waals surface area contributed by atoms with E-state index in [1.54, 1.807) is 19.2 Å². The summed E-state index contributed by atoms with van der Waals surface area (Å²) in [5.41, 5.74) is 0.915. The lowest BCUT2D eigenvalue weighted by Gasteiger charge is -2.01. The molecule has 0 saturated carbocycles. The fourth-order valence-electron chi connectivity index (χ4n) is 1.13. The summed E-state index contributed by atoms with van der Waals surface area (Å²) < 4.78 is 21.0. The number of carbonyl (C=O) groups is 1. The molecule has 0 aliphatic rings. The molecule has 17 heavy (non-hydrogen) atoms. The molecule has 0 radical (unpaired) electrons. The molecule has 0 aromatic heterocycles. The van der Waals surface area contributed by atoms with Gasteiger partial charge in [-0.15, -0.1) is 0 Å². The van der Waals surface area contributed by atoms with Gasteiger partial charge in [-0.2, -0.15) is 0 Å². The Morgan fingerprint density at radius 1 is 1.29 bits per heavy atom. The number of methoxy groups -OCH3 is 2. The van der Waals surface area contributed by atoms with Crippen LogP contribution in [-0.2, 0) is 26.1 Å². The third-order valence-electron chi connectivity index (χ3n) is 2.03. The molecule has 0 N–H and O–H groups in total. The van der Waals surface area contributed by atoms with Crippen molar-refractivity contribution >= 4 is 16.8 Å². The highest BCUT2D eigenvalue weighted by Crippen LogP contribution is 2.12. The monoisotopic (exact) mass is 254 g/mol. The summed E-state index contributed by atoms with van der Waals surface area (Å²) in [6.45, 7) is 0. The Morgan fingerprint density at radius 3 is 2.47 bits per heavy atom. The van der Waals surface area contributed by atoms with E-state index in [1.807, 2.05) is 12.1 Å². The molecule has 0 fully saturated rings. The normalized spacial score (nSPS) is 12.4. The lowest BCUT2D eigenvalue weighted by Crippen LogP contribution is -1.97. The number of benzene rings is 1. The van der Waals surface area contributed by atoms with Gasteiger partial charge in [-0.05, 0) is 17.7 Å². The van der Waals surface area contributed by atoms with Crippen molar-refractivity contribution in [1.29, 1.82) is 0 Å². The van der Waals surface area contributed by atoms with Crippen LogP contribution in [0.4, 0.5) is 0 Å². The molecule has 1 aromatic rings. The zero-order valence-electron chi connectivity index (χ0n) is 9.71. The number of esters is 1. The van der Waals surface area contributed by atoms with Crippen LogP contribution in [0.2, 0.25) is 0 Å². The zero-order chi connectivity index (χ0) is 12.7. The van der Waals surface area contributed by atoms with Crippen molar-refractivity contribution in [1.82, 2.24) is 0 Å². The van der Waals surface area contributed by atoms with Gasteiger partial charge in [0.1, 0.15) is 5.75 Å². The van der Waals surface area contributed by atoms with Crippen LogP contribution in [0.25, 0.3) is 0 Å². The summed E-state index contributed by atoms with van der Waals surface area (Å²) in [7, 11) is 1.64. The molecule has 0 amide bonds. The van der Waals surface area contributed by atoms with Crippen molar-refractivity contribution < 1.29 is 18.5 Å². The van der Waals surface area contributed by atoms with Crippen LogP contribution in [0.1, 0.15) is 5.56 Å². The van der Waals surface area contributed by atoms with Crippen LogP contribution in [0.3, 0.4) is 0 Å². The minimum atomic E-state index is -1.22. The smallest absolute Gasteiger partial charge is 0.331 e. The molecule has 0 aliphatic heterocycles. The van der Waals surface area contributed by atoms with E-state index in [-0.39, 0.29) is 0 Å². The first-order chi connectivity index (χ1) is 8.15. The molecule has 1 aromatic carbocycles. The van der Waals surface area contributed by atoms with E-state index in [4.69, 9.17) is 4.74 Å². The Balaban J connectivity index is 2.56. The fraction of sp³-hybridized carbons (Fsp3) is 0.250. The van der Waals surface area contributed by atoms with Crippen molar-refractivity contribution in [2.75, 3.05) is 14.2 Å². The Hall–Kier alpha value is -1.62. The third-order valence-corrected chi connectivity index (χ3v) is 3.08. The van der Waals surface area contributed by atoms with Gasteiger partial charge in [0.25, 0.3) is 0 Å². The molecule has 1 unspecified atom stereocenters. The predicted octanol–water partition coefficient (Wildman–Crippen LogP) is 1.63. The first-order valence-electron chi connectivity index (χ1n) is 4.92. The summed E-state index contributed by atoms with van der Waals surface area (Å²) in [5.74, 6) is 0.607. The number of ether oxygens (including phenoxy) is 2. The van der Waals surface area contributed by atoms with Gasteiger partial charge in [-0.1, -0.05) is 12.1 Å². The van der Waals surface area contributed by atoms with Gasteiger partial charge in [-0.3, -0.25) is 4.21 Å². The van der Waals surface area contributed by atoms with Gasteiger partial charge in [0.2, 0.25) is 0 Å². The second-order valence-corrected chi connectivity index (χ2v) is 4.52. The molecule has 92 valence electrons. The van der Waals surface area contributed by atoms with Crippen LogP contribution in [-0.4, -0.2) is 24.4 Å². The van der Waals surface area contributed by atoms with E-state index in [9.17, 15) is 9.00 Å². The number of rotatable bonds is 5. The minimum absolute atomic E-state index is 0.359. The molecule has 0 aliphatic carbocycles. The van der Waals surface area contributed by atoms with Crippen LogP contribution in [0.15, 0.2) is 35.7 Å². The minimum Gasteiger partial charge on any atom is -0.497 e. The van der Waals surface area contributed by atoms with Crippen molar-refractivity contribution in [2.24, 2.45) is 0 Å². The Morgan fingerprint density at radius 2 is 1.94 bits per heavy atom. The highest BCUT2D eigenvalue weighted by molar-refractivity contribution is 7.87. The van der Waals surface area contributed by atoms with Gasteiger partial charge in [-0.25, -0.2) is 4.79 Å². The quantitative estimate of drug-likeness (QED) is 0.592. The molecule has 4 nitrogen and oxygen atoms in total. The van der Waals surface area contributed by atoms with E-state index in [0.29, 0.717) is 5.75 Å². The molecule has 0 heterocycles. The van der Waals surface area contributed by atoms with Crippen LogP contribution >= 0.6 is 0 Å². The molecule has 1 rings (SSSR count). The fourth-order valence-corrected chi connectivity index (χ4v) is 2.01. The maximum atomic E-state index is 11.6. The maximum Gasteiger partial charge on any atom is 0.331 e. The van der Waals surface area contributed by atoms with Crippen molar-refractivity contribution in [3.63, 3.8) is 0 Å². The summed E-state index contributed by atoms with van der Waals surface area (Å²) in [4.78, 5) is 10.8. The van der Waals surface area contributed by atoms with E-state index < -0.39 is 16.8 Å². The average Bonchev–Trinajstić information content (AvgIpc) is 2.36. The van der Waals surface area contributed by atoms with Crippen LogP contribution < -0.4 is 4.74 Å². The van der Waals surface area contributed by atoms with E-state index >= 15 is 0 Å². The Bertz CT molecular complexity index is 423. The van der Waals surface area contributed by atoms with Gasteiger partial charge in [0.05, 0.1) is 30.8 Å². The number of hydrogen-bond acceptors (Lipinski definition) is 4.